The molecule has 0 aliphatic heterocycles. The van der Waals surface area contributed by atoms with Gasteiger partial charge in [-0.3, -0.25) is 9.78 Å². The fourth-order valence-electron chi connectivity index (χ4n) is 2.06. The first kappa shape index (κ1) is 12.3. The highest BCUT2D eigenvalue weighted by Crippen LogP contribution is 2.22. The summed E-state index contributed by atoms with van der Waals surface area (Å²) in [5.74, 6) is 1.11. The number of benzene rings is 2. The molecule has 0 amide bonds. The van der Waals surface area contributed by atoms with Crippen molar-refractivity contribution < 1.29 is 4.74 Å². The van der Waals surface area contributed by atoms with E-state index in [9.17, 15) is 4.79 Å². The molecule has 2 N–H and O–H groups in total. The van der Waals surface area contributed by atoms with Gasteiger partial charge in [-0.2, -0.15) is 0 Å². The van der Waals surface area contributed by atoms with Crippen LogP contribution in [0.1, 0.15) is 0 Å². The van der Waals surface area contributed by atoms with E-state index in [-0.39, 0.29) is 5.56 Å². The molecule has 0 saturated carbocycles. The first-order valence-corrected chi connectivity index (χ1v) is 6.34. The van der Waals surface area contributed by atoms with Gasteiger partial charge in [-0.25, -0.2) is 0 Å². The smallest absolute Gasteiger partial charge is 0.258 e. The second-order valence-electron chi connectivity index (χ2n) is 4.43. The van der Waals surface area contributed by atoms with Crippen LogP contribution in [0.2, 0.25) is 0 Å². The maximum atomic E-state index is 11.9. The molecule has 4 heteroatoms. The molecular formula is C16H14N2O2. The third-order valence-corrected chi connectivity index (χ3v) is 3.10. The minimum absolute atomic E-state index is 0.148. The van der Waals surface area contributed by atoms with Crippen molar-refractivity contribution in [3.8, 4) is 11.6 Å². The van der Waals surface area contributed by atoms with Crippen LogP contribution < -0.4 is 15.6 Å². The van der Waals surface area contributed by atoms with Crippen molar-refractivity contribution in [2.75, 3.05) is 12.4 Å². The zero-order valence-corrected chi connectivity index (χ0v) is 11.0. The summed E-state index contributed by atoms with van der Waals surface area (Å²) in [5, 5.41) is 4.56. The van der Waals surface area contributed by atoms with Crippen LogP contribution in [0.15, 0.2) is 59.4 Å². The average Bonchev–Trinajstić information content (AvgIpc) is 2.48. The van der Waals surface area contributed by atoms with Crippen molar-refractivity contribution in [3.63, 3.8) is 0 Å². The first-order valence-electron chi connectivity index (χ1n) is 6.34. The number of hydrogen-bond acceptors (Lipinski definition) is 3. The standard InChI is InChI=1S/C16H14N2O2/c1-17-12-6-8-13(9-7-12)20-15-10-11-4-2-3-5-14(11)16(19)18-15/h2-10,17H,1H3,(H,18,19). The van der Waals surface area contributed by atoms with E-state index in [0.717, 1.165) is 11.1 Å². The average molecular weight is 266 g/mol. The summed E-state index contributed by atoms with van der Waals surface area (Å²) in [7, 11) is 1.86. The molecule has 2 aromatic carbocycles. The molecule has 3 aromatic rings. The lowest BCUT2D eigenvalue weighted by Gasteiger charge is -2.07. The normalized spacial score (nSPS) is 10.4. The Bertz CT molecular complexity index is 791. The molecule has 20 heavy (non-hydrogen) atoms. The highest BCUT2D eigenvalue weighted by molar-refractivity contribution is 5.82. The van der Waals surface area contributed by atoms with E-state index >= 15 is 0 Å². The summed E-state index contributed by atoms with van der Waals surface area (Å²) in [6.07, 6.45) is 0. The number of nitrogens with one attached hydrogen (secondary N) is 2. The monoisotopic (exact) mass is 266 g/mol. The maximum Gasteiger partial charge on any atom is 0.258 e. The fourth-order valence-corrected chi connectivity index (χ4v) is 2.06. The minimum atomic E-state index is -0.148. The highest BCUT2D eigenvalue weighted by Gasteiger charge is 2.03. The van der Waals surface area contributed by atoms with Gasteiger partial charge in [0.2, 0.25) is 5.88 Å². The minimum Gasteiger partial charge on any atom is -0.441 e. The van der Waals surface area contributed by atoms with Crippen molar-refractivity contribution in [1.82, 2.24) is 4.98 Å². The van der Waals surface area contributed by atoms with Gasteiger partial charge in [0, 0.05) is 24.2 Å². The molecule has 0 unspecified atom stereocenters. The van der Waals surface area contributed by atoms with Crippen molar-refractivity contribution in [2.24, 2.45) is 0 Å². The molecule has 100 valence electrons. The third kappa shape index (κ3) is 2.36. The van der Waals surface area contributed by atoms with Crippen molar-refractivity contribution in [3.05, 3.63) is 65.0 Å². The summed E-state index contributed by atoms with van der Waals surface area (Å²) < 4.78 is 5.68. The van der Waals surface area contributed by atoms with E-state index in [2.05, 4.69) is 10.3 Å². The van der Waals surface area contributed by atoms with E-state index < -0.39 is 0 Å². The Kier molecular flexibility index (Phi) is 3.13. The van der Waals surface area contributed by atoms with E-state index in [4.69, 9.17) is 4.74 Å². The van der Waals surface area contributed by atoms with Crippen LogP contribution in [-0.2, 0) is 0 Å². The van der Waals surface area contributed by atoms with Crippen LogP contribution in [0, 0.1) is 0 Å². The maximum absolute atomic E-state index is 11.9. The van der Waals surface area contributed by atoms with Crippen LogP contribution in [0.5, 0.6) is 11.6 Å². The molecule has 0 saturated heterocycles. The number of ether oxygens (including phenoxy) is 1. The van der Waals surface area contributed by atoms with Crippen LogP contribution in [0.4, 0.5) is 5.69 Å². The zero-order valence-electron chi connectivity index (χ0n) is 11.0. The molecule has 0 radical (unpaired) electrons. The van der Waals surface area contributed by atoms with Gasteiger partial charge in [0.05, 0.1) is 0 Å². The molecule has 0 bridgehead atoms. The van der Waals surface area contributed by atoms with Crippen molar-refractivity contribution >= 4 is 16.5 Å². The van der Waals surface area contributed by atoms with E-state index in [1.54, 1.807) is 6.07 Å². The molecule has 0 atom stereocenters. The van der Waals surface area contributed by atoms with Crippen molar-refractivity contribution in [2.45, 2.75) is 0 Å². The Hall–Kier alpha value is -2.75. The number of rotatable bonds is 3. The van der Waals surface area contributed by atoms with Gasteiger partial charge in [0.15, 0.2) is 0 Å². The summed E-state index contributed by atoms with van der Waals surface area (Å²) in [6.45, 7) is 0. The molecule has 1 aromatic heterocycles. The lowest BCUT2D eigenvalue weighted by Crippen LogP contribution is -2.06. The van der Waals surface area contributed by atoms with E-state index in [1.807, 2.05) is 55.6 Å². The Labute approximate surface area is 116 Å². The highest BCUT2D eigenvalue weighted by atomic mass is 16.5. The number of fused-ring (bicyclic) bond motifs is 1. The fraction of sp³-hybridized carbons (Fsp3) is 0.0625. The molecule has 0 fully saturated rings. The number of anilines is 1. The van der Waals surface area contributed by atoms with Crippen LogP contribution in [0.3, 0.4) is 0 Å². The van der Waals surface area contributed by atoms with Gasteiger partial charge in [-0.05, 0) is 35.7 Å². The molecule has 3 rings (SSSR count). The lowest BCUT2D eigenvalue weighted by atomic mass is 10.2. The zero-order chi connectivity index (χ0) is 13.9. The Morgan fingerprint density at radius 3 is 2.55 bits per heavy atom. The Balaban J connectivity index is 1.96. The van der Waals surface area contributed by atoms with Crippen LogP contribution in [0.25, 0.3) is 10.8 Å². The number of hydrogen-bond donors (Lipinski definition) is 2. The van der Waals surface area contributed by atoms with Gasteiger partial charge >= 0.3 is 0 Å². The lowest BCUT2D eigenvalue weighted by molar-refractivity contribution is 0.462. The predicted octanol–water partition coefficient (Wildman–Crippen LogP) is 3.36. The Morgan fingerprint density at radius 1 is 1.05 bits per heavy atom. The van der Waals surface area contributed by atoms with E-state index in [1.165, 1.54) is 0 Å². The molecule has 1 heterocycles. The molecule has 0 spiro atoms. The second-order valence-corrected chi connectivity index (χ2v) is 4.43. The van der Waals surface area contributed by atoms with Gasteiger partial charge in [0.25, 0.3) is 5.56 Å². The summed E-state index contributed by atoms with van der Waals surface area (Å²) in [4.78, 5) is 14.7. The van der Waals surface area contributed by atoms with Crippen LogP contribution in [-0.4, -0.2) is 12.0 Å². The summed E-state index contributed by atoms with van der Waals surface area (Å²) in [5.41, 5.74) is 0.856. The molecule has 4 nitrogen and oxygen atoms in total. The van der Waals surface area contributed by atoms with Gasteiger partial charge in [0.1, 0.15) is 5.75 Å². The molecule has 0 aliphatic carbocycles. The quantitative estimate of drug-likeness (QED) is 0.764. The van der Waals surface area contributed by atoms with Crippen LogP contribution >= 0.6 is 0 Å². The predicted molar refractivity (Wildman–Crippen MR) is 80.6 cm³/mol. The van der Waals surface area contributed by atoms with Gasteiger partial charge in [-0.1, -0.05) is 18.2 Å². The third-order valence-electron chi connectivity index (χ3n) is 3.10. The number of pyridine rings is 1. The summed E-state index contributed by atoms with van der Waals surface area (Å²) in [6, 6.07) is 16.8. The topological polar surface area (TPSA) is 54.1 Å². The van der Waals surface area contributed by atoms with Gasteiger partial charge in [-0.15, -0.1) is 0 Å². The number of aromatic amines is 1. The van der Waals surface area contributed by atoms with Gasteiger partial charge < -0.3 is 10.1 Å². The van der Waals surface area contributed by atoms with Crippen molar-refractivity contribution in [1.29, 1.82) is 0 Å². The number of aromatic nitrogens is 1. The summed E-state index contributed by atoms with van der Waals surface area (Å²) >= 11 is 0. The second kappa shape index (κ2) is 5.09. The van der Waals surface area contributed by atoms with E-state index in [0.29, 0.717) is 17.0 Å². The number of H-pyrrole nitrogens is 1. The Morgan fingerprint density at radius 2 is 1.80 bits per heavy atom. The molecule has 0 aliphatic rings. The largest absolute Gasteiger partial charge is 0.441 e. The SMILES string of the molecule is CNc1ccc(Oc2cc3ccccc3c(=O)[nH]2)cc1. The first-order chi connectivity index (χ1) is 9.76. The molecular weight excluding hydrogens is 252 g/mol.